The van der Waals surface area contributed by atoms with Crippen LogP contribution in [0.4, 0.5) is 0 Å². The van der Waals surface area contributed by atoms with Crippen molar-refractivity contribution in [2.24, 2.45) is 0 Å². The van der Waals surface area contributed by atoms with Crippen LogP contribution in [0.1, 0.15) is 5.56 Å². The zero-order chi connectivity index (χ0) is 43.6. The van der Waals surface area contributed by atoms with E-state index in [1.165, 1.54) is 259 Å². The van der Waals surface area contributed by atoms with Gasteiger partial charge in [0.2, 0.25) is 0 Å². The van der Waals surface area contributed by atoms with Gasteiger partial charge in [0.05, 0.1) is 24.6 Å². The van der Waals surface area contributed by atoms with Crippen LogP contribution in [-0.4, -0.2) is 11.7 Å². The van der Waals surface area contributed by atoms with Crippen LogP contribution < -0.4 is 15.7 Å². The van der Waals surface area contributed by atoms with Gasteiger partial charge in [0.25, 0.3) is 5.56 Å². The van der Waals surface area contributed by atoms with Gasteiger partial charge in [0.15, 0.2) is 5.43 Å². The molecule has 0 amide bonds. The monoisotopic (exact) mass is 887 g/mol. The zero-order valence-electron chi connectivity index (χ0n) is 36.7. The van der Waals surface area contributed by atoms with Crippen LogP contribution in [0.5, 0.6) is 5.75 Å². The van der Waals surface area contributed by atoms with Crippen molar-refractivity contribution in [3.05, 3.63) is 50.4 Å². The van der Waals surface area contributed by atoms with E-state index in [1.54, 1.807) is 17.9 Å². The van der Waals surface area contributed by atoms with Crippen LogP contribution in [0.15, 0.2) is 33.9 Å². The molecule has 0 aliphatic heterocycles. The van der Waals surface area contributed by atoms with Gasteiger partial charge >= 0.3 is 0 Å². The Morgan fingerprint density at radius 1 is 0.264 bits per heavy atom. The second-order valence-electron chi connectivity index (χ2n) is 24.8. The Labute approximate surface area is 389 Å². The van der Waals surface area contributed by atoms with Gasteiger partial charge in [-0.1, -0.05) is 12.1 Å². The highest BCUT2D eigenvalue weighted by Gasteiger charge is 2.50. The highest BCUT2D eigenvalue weighted by atomic mass is 16.5. The van der Waals surface area contributed by atoms with E-state index in [-0.39, 0.29) is 11.0 Å². The lowest BCUT2D eigenvalue weighted by Crippen LogP contribution is -2.22. The first-order valence-corrected chi connectivity index (χ1v) is 26.0. The van der Waals surface area contributed by atoms with E-state index in [9.17, 15) is 0 Å². The molecule has 304 valence electrons. The number of pyridine rings is 1. The van der Waals surface area contributed by atoms with E-state index < -0.39 is 0 Å². The fraction of sp³-hybridized carbons (Fsp3) is 0.0294. The highest BCUT2D eigenvalue weighted by molar-refractivity contribution is 6.83. The van der Waals surface area contributed by atoms with Crippen LogP contribution in [0.3, 0.4) is 0 Å². The number of fused-ring (bicyclic) bond motifs is 6. The number of hydrogen-bond donors (Lipinski definition) is 0. The van der Waals surface area contributed by atoms with Crippen LogP contribution in [0.25, 0.3) is 313 Å². The van der Waals surface area contributed by atoms with Crippen LogP contribution >= 0.6 is 0 Å². The normalized spacial score (nSPS) is 16.6. The molecular weight excluding hydrogens is 879 g/mol. The molecule has 0 aliphatic rings. The van der Waals surface area contributed by atoms with E-state index in [0.29, 0.717) is 6.54 Å². The zero-order valence-corrected chi connectivity index (χ0v) is 36.7. The Morgan fingerprint density at radius 2 is 0.458 bits per heavy atom. The lowest BCUT2D eigenvalue weighted by atomic mass is 9.85. The topological polar surface area (TPSA) is 48.3 Å². The smallest absolute Gasteiger partial charge is 0.259 e. The van der Waals surface area contributed by atoms with E-state index in [4.69, 9.17) is 4.74 Å². The summed E-state index contributed by atoms with van der Waals surface area (Å²) < 4.78 is 7.95. The minimum absolute atomic E-state index is 0.0817. The van der Waals surface area contributed by atoms with Crippen LogP contribution in [-0.2, 0) is 6.54 Å². The van der Waals surface area contributed by atoms with Gasteiger partial charge in [0.1, 0.15) is 5.75 Å². The molecule has 0 radical (unpaired) electrons. The maximum absolute atomic E-state index is 17.2. The molecule has 1 heterocycles. The van der Waals surface area contributed by atoms with Crippen molar-refractivity contribution in [2.45, 2.75) is 6.54 Å². The van der Waals surface area contributed by atoms with Gasteiger partial charge < -0.3 is 9.30 Å². The molecule has 0 saturated carbocycles. The summed E-state index contributed by atoms with van der Waals surface area (Å²) in [5.41, 5.74) is 2.38. The molecule has 31 rings (SSSR count). The molecule has 72 heavy (non-hydrogen) atoms. The third-order valence-corrected chi connectivity index (χ3v) is 23.9. The molecular formula is C68H9NO3. The van der Waals surface area contributed by atoms with Crippen molar-refractivity contribution in [3.8, 4) is 5.75 Å². The lowest BCUT2D eigenvalue weighted by Gasteiger charge is -2.21. The summed E-state index contributed by atoms with van der Waals surface area (Å²) in [6.07, 6.45) is 0. The summed E-state index contributed by atoms with van der Waals surface area (Å²) in [5, 5.41) is 78.3. The van der Waals surface area contributed by atoms with Crippen molar-refractivity contribution in [1.29, 1.82) is 0 Å². The molecule has 0 fully saturated rings. The Balaban J connectivity index is 1.19. The van der Waals surface area contributed by atoms with Crippen molar-refractivity contribution in [3.63, 3.8) is 0 Å². The van der Waals surface area contributed by atoms with E-state index in [2.05, 4.69) is 16.7 Å². The second-order valence-corrected chi connectivity index (χ2v) is 24.8. The predicted molar refractivity (Wildman–Crippen MR) is 304 cm³/mol. The molecule has 4 heteroatoms. The molecule has 30 aromatic carbocycles. The maximum atomic E-state index is 17.2. The molecule has 0 N–H and O–H groups in total. The van der Waals surface area contributed by atoms with Gasteiger partial charge in [-0.15, -0.1) is 0 Å². The molecule has 31 aromatic rings. The number of nitrogens with zero attached hydrogens (tertiary/aromatic N) is 1. The fourth-order valence-corrected chi connectivity index (χ4v) is 23.1. The molecule has 0 atom stereocenters. The Kier molecular flexibility index (Phi) is 2.53. The number of methoxy groups -OCH3 is 1. The minimum Gasteiger partial charge on any atom is -0.497 e. The Hall–Kier alpha value is -9.38. The van der Waals surface area contributed by atoms with Gasteiger partial charge in [-0.05, 0) is 17.7 Å². The quantitative estimate of drug-likeness (QED) is 0.131. The molecule has 0 spiro atoms. The van der Waals surface area contributed by atoms with Crippen LogP contribution in [0.2, 0.25) is 0 Å². The lowest BCUT2D eigenvalue weighted by molar-refractivity contribution is 0.414. The van der Waals surface area contributed by atoms with Gasteiger partial charge in [-0.25, -0.2) is 0 Å². The summed E-state index contributed by atoms with van der Waals surface area (Å²) in [7, 11) is 1.72. The van der Waals surface area contributed by atoms with E-state index in [0.717, 1.165) is 54.5 Å². The first-order valence-electron chi connectivity index (χ1n) is 26.0. The Morgan fingerprint density at radius 3 is 0.708 bits per heavy atom. The summed E-state index contributed by atoms with van der Waals surface area (Å²) in [5.74, 6) is 0.808. The van der Waals surface area contributed by atoms with Crippen molar-refractivity contribution < 1.29 is 4.74 Å². The van der Waals surface area contributed by atoms with Gasteiger partial charge in [-0.3, -0.25) is 9.59 Å². The second kappa shape index (κ2) is 6.57. The third-order valence-electron chi connectivity index (χ3n) is 23.9. The summed E-state index contributed by atoms with van der Waals surface area (Å²) >= 11 is 0. The number of ether oxygens (including phenoxy) is 1. The average molecular weight is 888 g/mol. The molecule has 0 bridgehead atoms. The largest absolute Gasteiger partial charge is 0.497 e. The number of rotatable bonds is 3. The van der Waals surface area contributed by atoms with E-state index in [1.807, 2.05) is 12.1 Å². The Bertz CT molecular complexity index is 7950. The molecule has 0 saturated heterocycles. The molecule has 4 nitrogen and oxygen atoms in total. The van der Waals surface area contributed by atoms with Crippen molar-refractivity contribution >= 4 is 313 Å². The average Bonchev–Trinajstić information content (AvgIpc) is 4.43. The molecule has 1 aromatic heterocycles. The van der Waals surface area contributed by atoms with Gasteiger partial charge in [-0.2, -0.15) is 0 Å². The van der Waals surface area contributed by atoms with Crippen molar-refractivity contribution in [1.82, 2.24) is 4.57 Å². The third kappa shape index (κ3) is 1.60. The highest BCUT2D eigenvalue weighted by Crippen LogP contribution is 2.78. The maximum Gasteiger partial charge on any atom is 0.259 e. The van der Waals surface area contributed by atoms with Crippen LogP contribution in [0, 0.1) is 0 Å². The van der Waals surface area contributed by atoms with E-state index >= 15 is 9.59 Å². The minimum atomic E-state index is 0.0817. The molecule has 0 unspecified atom stereocenters. The summed E-state index contributed by atoms with van der Waals surface area (Å²) in [4.78, 5) is 34.3. The predicted octanol–water partition coefficient (Wildman–Crippen LogP) is 17.3. The SMILES string of the molecule is COc1ccc(Cn2c(=O)c3c4c5c6c(=O)c7c8c6c6c9c5c5c4c4c%10c3c3c%11c%12c%10c%10c4c4c5c5c9c9c6c6c8c8c%13c7c(c7c%13c%13c%14c8c6c6c9c8c5c4c4c%10c5c9c4c8c6c%14c9c%13c(c5%12)c7%11)c32)cc1. The van der Waals surface area contributed by atoms with Gasteiger partial charge in [0, 0.05) is 302 Å². The fourth-order valence-electron chi connectivity index (χ4n) is 23.1. The first kappa shape index (κ1) is 27.7. The molecule has 0 aliphatic carbocycles. The summed E-state index contributed by atoms with van der Waals surface area (Å²) in [6.45, 7) is 0.417. The van der Waals surface area contributed by atoms with Crippen molar-refractivity contribution in [2.75, 3.05) is 7.11 Å². The number of benzene rings is 19. The number of aromatic nitrogens is 1. The summed E-state index contributed by atoms with van der Waals surface area (Å²) in [6, 6.07) is 8.40. The number of hydrogen-bond acceptors (Lipinski definition) is 3. The standard InChI is InChI=1S/C68H9NO3/c1-72-8-4-2-7(3-5-8)6-69-66-61-53-45-34-25-17-15-9-10-12-14-13-11(9)18-19(15)27-31(25)42-47-37(27)36-26(18)29-22(13)30-23(14)32-28-21(12)24-16(10)20(17)33(34)38-35(24)44-39(28)51-43(32)49-41(30)48-40(29)46(36)55-56(47)64(59(61)50(42)45)67(70)63(55)57(48)58(49)65(68(69)71)60(51)62(66)54(44)52(38)53/h2-5H,6H2,1H3. The first-order chi connectivity index (χ1) is 35.7.